The van der Waals surface area contributed by atoms with Crippen molar-refractivity contribution in [1.29, 1.82) is 0 Å². The molecule has 0 saturated carbocycles. The van der Waals surface area contributed by atoms with Crippen molar-refractivity contribution < 1.29 is 9.47 Å². The average molecular weight is 375 g/mol. The molecule has 0 bridgehead atoms. The minimum Gasteiger partial charge on any atom is -0.486 e. The summed E-state index contributed by atoms with van der Waals surface area (Å²) in [7, 11) is 1.95. The standard InChI is InChI=1S/C23H25N3O2/c1-25-16-20(14-24-25)18-5-2-4-17(12-18)15-26-9-3-6-21(26)19-7-8-22-23(13-19)28-11-10-27-22/h2,4-5,7-8,12-14,16,21H,3,6,9-11,15H2,1H3/t21-/m1/s1. The van der Waals surface area contributed by atoms with Crippen molar-refractivity contribution in [3.8, 4) is 22.6 Å². The number of nitrogens with zero attached hydrogens (tertiary/aromatic N) is 3. The summed E-state index contributed by atoms with van der Waals surface area (Å²) in [5.41, 5.74) is 5.05. The zero-order valence-electron chi connectivity index (χ0n) is 16.2. The van der Waals surface area contributed by atoms with E-state index in [1.807, 2.05) is 17.9 Å². The van der Waals surface area contributed by atoms with Gasteiger partial charge in [-0.3, -0.25) is 9.58 Å². The molecule has 2 aliphatic rings. The van der Waals surface area contributed by atoms with Gasteiger partial charge in [0.2, 0.25) is 0 Å². The van der Waals surface area contributed by atoms with Crippen LogP contribution in [-0.4, -0.2) is 34.4 Å². The molecule has 1 saturated heterocycles. The molecular weight excluding hydrogens is 350 g/mol. The van der Waals surface area contributed by atoms with Crippen molar-refractivity contribution in [1.82, 2.24) is 14.7 Å². The monoisotopic (exact) mass is 375 g/mol. The first-order chi connectivity index (χ1) is 13.8. The zero-order chi connectivity index (χ0) is 18.9. The summed E-state index contributed by atoms with van der Waals surface area (Å²) < 4.78 is 13.3. The largest absolute Gasteiger partial charge is 0.486 e. The summed E-state index contributed by atoms with van der Waals surface area (Å²) >= 11 is 0. The Morgan fingerprint density at radius 2 is 1.93 bits per heavy atom. The van der Waals surface area contributed by atoms with Crippen LogP contribution in [0.25, 0.3) is 11.1 Å². The SMILES string of the molecule is Cn1cc(-c2cccc(CN3CCC[C@@H]3c3ccc4c(c3)OCCO4)c2)cn1. The maximum absolute atomic E-state index is 5.79. The Morgan fingerprint density at radius 1 is 1.04 bits per heavy atom. The molecule has 5 nitrogen and oxygen atoms in total. The highest BCUT2D eigenvalue weighted by atomic mass is 16.6. The fourth-order valence-electron chi connectivity index (χ4n) is 4.31. The second-order valence-corrected chi connectivity index (χ2v) is 7.63. The lowest BCUT2D eigenvalue weighted by Crippen LogP contribution is -2.23. The van der Waals surface area contributed by atoms with Gasteiger partial charge in [-0.25, -0.2) is 0 Å². The number of aryl methyl sites for hydroxylation is 1. The fourth-order valence-corrected chi connectivity index (χ4v) is 4.31. The van der Waals surface area contributed by atoms with Crippen molar-refractivity contribution in [2.75, 3.05) is 19.8 Å². The van der Waals surface area contributed by atoms with Crippen LogP contribution in [0.5, 0.6) is 11.5 Å². The van der Waals surface area contributed by atoms with Crippen LogP contribution in [0.2, 0.25) is 0 Å². The summed E-state index contributed by atoms with van der Waals surface area (Å²) in [6.07, 6.45) is 6.39. The molecular formula is C23H25N3O2. The molecule has 1 atom stereocenters. The Balaban J connectivity index is 1.36. The van der Waals surface area contributed by atoms with Crippen molar-refractivity contribution in [3.63, 3.8) is 0 Å². The molecule has 3 aromatic rings. The van der Waals surface area contributed by atoms with Gasteiger partial charge in [0.1, 0.15) is 13.2 Å². The quantitative estimate of drug-likeness (QED) is 0.685. The van der Waals surface area contributed by atoms with E-state index >= 15 is 0 Å². The molecule has 3 heterocycles. The molecule has 5 heteroatoms. The third-order valence-corrected chi connectivity index (χ3v) is 5.67. The second kappa shape index (κ2) is 7.32. The molecule has 0 N–H and O–H groups in total. The van der Waals surface area contributed by atoms with Gasteiger partial charge < -0.3 is 9.47 Å². The number of ether oxygens (including phenoxy) is 2. The van der Waals surface area contributed by atoms with Crippen LogP contribution in [-0.2, 0) is 13.6 Å². The minimum absolute atomic E-state index is 0.429. The number of aromatic nitrogens is 2. The molecule has 5 rings (SSSR count). The van der Waals surface area contributed by atoms with E-state index in [0.29, 0.717) is 19.3 Å². The summed E-state index contributed by atoms with van der Waals surface area (Å²) in [4.78, 5) is 2.58. The van der Waals surface area contributed by atoms with Crippen LogP contribution in [0.1, 0.15) is 30.0 Å². The average Bonchev–Trinajstić information content (AvgIpc) is 3.37. The Labute approximate surface area is 165 Å². The number of hydrogen-bond donors (Lipinski definition) is 0. The van der Waals surface area contributed by atoms with Crippen LogP contribution < -0.4 is 9.47 Å². The smallest absolute Gasteiger partial charge is 0.161 e. The lowest BCUT2D eigenvalue weighted by Gasteiger charge is -2.26. The molecule has 0 unspecified atom stereocenters. The Hall–Kier alpha value is -2.79. The van der Waals surface area contributed by atoms with Gasteiger partial charge in [0.25, 0.3) is 0 Å². The van der Waals surface area contributed by atoms with E-state index < -0.39 is 0 Å². The zero-order valence-corrected chi connectivity index (χ0v) is 16.2. The number of likely N-dealkylation sites (tertiary alicyclic amines) is 1. The van der Waals surface area contributed by atoms with E-state index in [-0.39, 0.29) is 0 Å². The first-order valence-corrected chi connectivity index (χ1v) is 9.98. The van der Waals surface area contributed by atoms with Gasteiger partial charge in [0, 0.05) is 31.4 Å². The van der Waals surface area contributed by atoms with Gasteiger partial charge in [-0.2, -0.15) is 5.10 Å². The van der Waals surface area contributed by atoms with Crippen LogP contribution >= 0.6 is 0 Å². The van der Waals surface area contributed by atoms with Crippen molar-refractivity contribution in [2.45, 2.75) is 25.4 Å². The van der Waals surface area contributed by atoms with Gasteiger partial charge in [-0.15, -0.1) is 0 Å². The Kier molecular flexibility index (Phi) is 4.53. The number of fused-ring (bicyclic) bond motifs is 1. The molecule has 28 heavy (non-hydrogen) atoms. The van der Waals surface area contributed by atoms with E-state index in [0.717, 1.165) is 30.2 Å². The third kappa shape index (κ3) is 3.38. The van der Waals surface area contributed by atoms with Gasteiger partial charge in [-0.05, 0) is 54.3 Å². The van der Waals surface area contributed by atoms with Gasteiger partial charge in [0.05, 0.1) is 6.20 Å². The van der Waals surface area contributed by atoms with Crippen molar-refractivity contribution in [3.05, 3.63) is 66.0 Å². The normalized spacial score (nSPS) is 19.1. The molecule has 0 aliphatic carbocycles. The Bertz CT molecular complexity index is 981. The molecule has 144 valence electrons. The van der Waals surface area contributed by atoms with Crippen LogP contribution in [0.4, 0.5) is 0 Å². The van der Waals surface area contributed by atoms with Crippen molar-refractivity contribution in [2.24, 2.45) is 7.05 Å². The summed E-state index contributed by atoms with van der Waals surface area (Å²) in [5.74, 6) is 1.75. The molecule has 1 fully saturated rings. The highest BCUT2D eigenvalue weighted by molar-refractivity contribution is 5.62. The lowest BCUT2D eigenvalue weighted by molar-refractivity contribution is 0.170. The van der Waals surface area contributed by atoms with Crippen LogP contribution in [0, 0.1) is 0 Å². The number of benzene rings is 2. The number of hydrogen-bond acceptors (Lipinski definition) is 4. The van der Waals surface area contributed by atoms with E-state index in [1.165, 1.54) is 29.5 Å². The Morgan fingerprint density at radius 3 is 2.79 bits per heavy atom. The molecule has 2 aromatic carbocycles. The first-order valence-electron chi connectivity index (χ1n) is 9.98. The minimum atomic E-state index is 0.429. The lowest BCUT2D eigenvalue weighted by atomic mass is 10.0. The summed E-state index contributed by atoms with van der Waals surface area (Å²) in [6.45, 7) is 3.34. The molecule has 2 aliphatic heterocycles. The molecule has 1 aromatic heterocycles. The van der Waals surface area contributed by atoms with Gasteiger partial charge in [-0.1, -0.05) is 24.3 Å². The van der Waals surface area contributed by atoms with Crippen LogP contribution in [0.15, 0.2) is 54.9 Å². The fraction of sp³-hybridized carbons (Fsp3) is 0.348. The predicted octanol–water partition coefficient (Wildman–Crippen LogP) is 4.20. The van der Waals surface area contributed by atoms with Crippen LogP contribution in [0.3, 0.4) is 0 Å². The van der Waals surface area contributed by atoms with E-state index in [2.05, 4.69) is 58.7 Å². The molecule has 0 radical (unpaired) electrons. The molecule has 0 spiro atoms. The molecule has 0 amide bonds. The maximum atomic E-state index is 5.79. The maximum Gasteiger partial charge on any atom is 0.161 e. The summed E-state index contributed by atoms with van der Waals surface area (Å²) in [6, 6.07) is 15.7. The topological polar surface area (TPSA) is 39.5 Å². The van der Waals surface area contributed by atoms with E-state index in [1.54, 1.807) is 0 Å². The number of rotatable bonds is 4. The van der Waals surface area contributed by atoms with E-state index in [4.69, 9.17) is 9.47 Å². The third-order valence-electron chi connectivity index (χ3n) is 5.67. The van der Waals surface area contributed by atoms with Gasteiger partial charge >= 0.3 is 0 Å². The van der Waals surface area contributed by atoms with Crippen molar-refractivity contribution >= 4 is 0 Å². The van der Waals surface area contributed by atoms with Gasteiger partial charge in [0.15, 0.2) is 11.5 Å². The summed E-state index contributed by atoms with van der Waals surface area (Å²) in [5, 5.41) is 4.30. The highest BCUT2D eigenvalue weighted by Crippen LogP contribution is 2.38. The first kappa shape index (κ1) is 17.3. The second-order valence-electron chi connectivity index (χ2n) is 7.63. The van der Waals surface area contributed by atoms with E-state index in [9.17, 15) is 0 Å². The highest BCUT2D eigenvalue weighted by Gasteiger charge is 2.27. The predicted molar refractivity (Wildman–Crippen MR) is 108 cm³/mol.